The van der Waals surface area contributed by atoms with Crippen LogP contribution < -0.4 is 5.32 Å². The molecule has 178 valence electrons. The van der Waals surface area contributed by atoms with Crippen LogP contribution in [-0.4, -0.2) is 49.6 Å². The first-order valence-corrected chi connectivity index (χ1v) is 11.6. The van der Waals surface area contributed by atoms with Gasteiger partial charge in [0.15, 0.2) is 0 Å². The minimum Gasteiger partial charge on any atom is -0.444 e. The Morgan fingerprint density at radius 3 is 2.71 bits per heavy atom. The summed E-state index contributed by atoms with van der Waals surface area (Å²) in [4.78, 5) is 30.6. The molecule has 0 atom stereocenters. The van der Waals surface area contributed by atoms with Crippen molar-refractivity contribution in [3.8, 4) is 11.1 Å². The van der Waals surface area contributed by atoms with Gasteiger partial charge in [-0.05, 0) is 62.6 Å². The Hall–Kier alpha value is -4.20. The molecule has 35 heavy (non-hydrogen) atoms. The molecule has 0 unspecified atom stereocenters. The van der Waals surface area contributed by atoms with Crippen molar-refractivity contribution in [1.82, 2.24) is 24.8 Å². The van der Waals surface area contributed by atoms with Gasteiger partial charge in [-0.3, -0.25) is 4.98 Å². The molecule has 1 aliphatic rings. The Bertz CT molecular complexity index is 1390. The Balaban J connectivity index is 1.36. The number of aromatic amines is 1. The number of ether oxygens (including phenoxy) is 1. The van der Waals surface area contributed by atoms with Crippen LogP contribution in [0.25, 0.3) is 27.7 Å². The van der Waals surface area contributed by atoms with Gasteiger partial charge in [-0.15, -0.1) is 0 Å². The van der Waals surface area contributed by atoms with E-state index in [1.165, 1.54) is 0 Å². The zero-order valence-corrected chi connectivity index (χ0v) is 20.1. The molecule has 0 saturated carbocycles. The monoisotopic (exact) mass is 468 g/mol. The third-order valence-corrected chi connectivity index (χ3v) is 5.75. The summed E-state index contributed by atoms with van der Waals surface area (Å²) in [7, 11) is 0. The molecule has 3 aromatic heterocycles. The number of hydrogen-bond donors (Lipinski definition) is 2. The molecule has 2 N–H and O–H groups in total. The molecule has 1 amide bonds. The molecule has 0 aliphatic carbocycles. The number of fused-ring (bicyclic) bond motifs is 1. The summed E-state index contributed by atoms with van der Waals surface area (Å²) in [6.07, 6.45) is 7.68. The fraction of sp³-hybridized carbons (Fsp3) is 0.259. The van der Waals surface area contributed by atoms with Crippen LogP contribution in [0.5, 0.6) is 0 Å². The van der Waals surface area contributed by atoms with Gasteiger partial charge < -0.3 is 19.9 Å². The summed E-state index contributed by atoms with van der Waals surface area (Å²) < 4.78 is 5.49. The molecule has 8 heteroatoms. The second-order valence-corrected chi connectivity index (χ2v) is 9.52. The Morgan fingerprint density at radius 1 is 1.11 bits per heavy atom. The average Bonchev–Trinajstić information content (AvgIpc) is 3.29. The molecule has 1 aromatic carbocycles. The molecule has 0 saturated heterocycles. The largest absolute Gasteiger partial charge is 0.444 e. The Morgan fingerprint density at radius 2 is 1.97 bits per heavy atom. The van der Waals surface area contributed by atoms with Gasteiger partial charge in [0.25, 0.3) is 0 Å². The number of aromatic nitrogens is 4. The summed E-state index contributed by atoms with van der Waals surface area (Å²) >= 11 is 0. The zero-order valence-electron chi connectivity index (χ0n) is 20.1. The normalized spacial score (nSPS) is 14.0. The van der Waals surface area contributed by atoms with Crippen molar-refractivity contribution in [2.75, 3.05) is 18.4 Å². The van der Waals surface area contributed by atoms with Gasteiger partial charge in [0.2, 0.25) is 0 Å². The lowest BCUT2D eigenvalue weighted by Crippen LogP contribution is -2.39. The molecule has 0 spiro atoms. The van der Waals surface area contributed by atoms with Crippen LogP contribution >= 0.6 is 0 Å². The molecule has 1 aliphatic heterocycles. The molecule has 0 radical (unpaired) electrons. The fourth-order valence-corrected chi connectivity index (χ4v) is 4.07. The number of nitrogens with one attached hydrogen (secondary N) is 2. The SMILES string of the molecule is CC(C)(C)OC(=O)N1CC=C(c2cc3c(Nc4cccc(-c5cccnc5)c4)ncnc3[nH]2)CC1. The van der Waals surface area contributed by atoms with Crippen LogP contribution in [0.4, 0.5) is 16.3 Å². The highest BCUT2D eigenvalue weighted by molar-refractivity contribution is 5.92. The molecule has 5 rings (SSSR count). The van der Waals surface area contributed by atoms with Crippen molar-refractivity contribution < 1.29 is 9.53 Å². The van der Waals surface area contributed by atoms with Crippen LogP contribution in [0.3, 0.4) is 0 Å². The number of amides is 1. The first kappa shape index (κ1) is 22.6. The molecular weight excluding hydrogens is 440 g/mol. The van der Waals surface area contributed by atoms with Crippen molar-refractivity contribution in [1.29, 1.82) is 0 Å². The van der Waals surface area contributed by atoms with E-state index in [1.54, 1.807) is 17.4 Å². The third kappa shape index (κ3) is 5.16. The Labute approximate surface area is 204 Å². The predicted octanol–water partition coefficient (Wildman–Crippen LogP) is 5.79. The van der Waals surface area contributed by atoms with Gasteiger partial charge in [0.05, 0.1) is 5.39 Å². The zero-order chi connectivity index (χ0) is 24.4. The van der Waals surface area contributed by atoms with Gasteiger partial charge in [-0.25, -0.2) is 14.8 Å². The van der Waals surface area contributed by atoms with E-state index in [0.717, 1.165) is 51.4 Å². The van der Waals surface area contributed by atoms with Crippen molar-refractivity contribution in [2.45, 2.75) is 32.8 Å². The van der Waals surface area contributed by atoms with E-state index >= 15 is 0 Å². The number of benzene rings is 1. The Kier molecular flexibility index (Phi) is 5.94. The number of pyridine rings is 1. The van der Waals surface area contributed by atoms with Gasteiger partial charge in [-0.1, -0.05) is 24.3 Å². The maximum atomic E-state index is 12.4. The number of rotatable bonds is 4. The molecule has 8 nitrogen and oxygen atoms in total. The second-order valence-electron chi connectivity index (χ2n) is 9.52. The van der Waals surface area contributed by atoms with Crippen LogP contribution in [0, 0.1) is 0 Å². The topological polar surface area (TPSA) is 96.0 Å². The summed E-state index contributed by atoms with van der Waals surface area (Å²) in [6.45, 7) is 6.75. The summed E-state index contributed by atoms with van der Waals surface area (Å²) in [6, 6.07) is 14.2. The second kappa shape index (κ2) is 9.21. The number of anilines is 2. The van der Waals surface area contributed by atoms with Gasteiger partial charge in [0, 0.05) is 42.4 Å². The molecule has 4 heterocycles. The standard InChI is InChI=1S/C27H28N6O2/c1-27(2,3)35-26(34)33-12-9-18(10-13-33)23-15-22-24(29-17-30-25(22)32-23)31-21-8-4-6-19(14-21)20-7-5-11-28-16-20/h4-9,11,14-17H,10,12-13H2,1-3H3,(H2,29,30,31,32). The summed E-state index contributed by atoms with van der Waals surface area (Å²) in [5.74, 6) is 0.729. The van der Waals surface area contributed by atoms with Gasteiger partial charge >= 0.3 is 6.09 Å². The van der Waals surface area contributed by atoms with E-state index < -0.39 is 5.60 Å². The average molecular weight is 469 g/mol. The van der Waals surface area contributed by atoms with E-state index in [4.69, 9.17) is 4.74 Å². The molecule has 0 fully saturated rings. The quantitative estimate of drug-likeness (QED) is 0.394. The van der Waals surface area contributed by atoms with Crippen LogP contribution in [0.2, 0.25) is 0 Å². The molecule has 0 bridgehead atoms. The van der Waals surface area contributed by atoms with E-state index in [0.29, 0.717) is 13.1 Å². The first-order valence-electron chi connectivity index (χ1n) is 11.6. The van der Waals surface area contributed by atoms with Crippen LogP contribution in [0.15, 0.2) is 67.3 Å². The highest BCUT2D eigenvalue weighted by Gasteiger charge is 2.24. The number of nitrogens with zero attached hydrogens (tertiary/aromatic N) is 4. The third-order valence-electron chi connectivity index (χ3n) is 5.75. The summed E-state index contributed by atoms with van der Waals surface area (Å²) in [5.41, 5.74) is 5.44. The fourth-order valence-electron chi connectivity index (χ4n) is 4.07. The van der Waals surface area contributed by atoms with E-state index in [9.17, 15) is 4.79 Å². The lowest BCUT2D eigenvalue weighted by Gasteiger charge is -2.29. The number of carbonyl (C=O) groups is 1. The van der Waals surface area contributed by atoms with E-state index in [-0.39, 0.29) is 6.09 Å². The maximum absolute atomic E-state index is 12.4. The van der Waals surface area contributed by atoms with Crippen LogP contribution in [-0.2, 0) is 4.74 Å². The minimum absolute atomic E-state index is 0.282. The van der Waals surface area contributed by atoms with Crippen molar-refractivity contribution in [3.05, 3.63) is 73.0 Å². The number of hydrogen-bond acceptors (Lipinski definition) is 6. The molecular formula is C27H28N6O2. The number of carbonyl (C=O) groups excluding carboxylic acids is 1. The lowest BCUT2D eigenvalue weighted by atomic mass is 10.1. The van der Waals surface area contributed by atoms with E-state index in [1.807, 2.05) is 51.2 Å². The van der Waals surface area contributed by atoms with Gasteiger partial charge in [-0.2, -0.15) is 0 Å². The first-order chi connectivity index (χ1) is 16.9. The highest BCUT2D eigenvalue weighted by Crippen LogP contribution is 2.30. The molecule has 4 aromatic rings. The highest BCUT2D eigenvalue weighted by atomic mass is 16.6. The van der Waals surface area contributed by atoms with Crippen molar-refractivity contribution in [2.24, 2.45) is 0 Å². The minimum atomic E-state index is -0.502. The summed E-state index contributed by atoms with van der Waals surface area (Å²) in [5, 5.41) is 4.34. The van der Waals surface area contributed by atoms with Crippen molar-refractivity contribution >= 4 is 34.2 Å². The van der Waals surface area contributed by atoms with Crippen molar-refractivity contribution in [3.63, 3.8) is 0 Å². The predicted molar refractivity (Wildman–Crippen MR) is 137 cm³/mol. The smallest absolute Gasteiger partial charge is 0.410 e. The maximum Gasteiger partial charge on any atom is 0.410 e. The van der Waals surface area contributed by atoms with Crippen LogP contribution in [0.1, 0.15) is 32.9 Å². The van der Waals surface area contributed by atoms with E-state index in [2.05, 4.69) is 49.5 Å². The number of H-pyrrole nitrogens is 1. The lowest BCUT2D eigenvalue weighted by molar-refractivity contribution is 0.0270. The van der Waals surface area contributed by atoms with Gasteiger partial charge in [0.1, 0.15) is 23.4 Å².